The molecule has 0 radical (unpaired) electrons. The van der Waals surface area contributed by atoms with Crippen LogP contribution in [0.25, 0.3) is 0 Å². The van der Waals surface area contributed by atoms with E-state index in [1.54, 1.807) is 25.1 Å². The van der Waals surface area contributed by atoms with Crippen LogP contribution >= 0.6 is 11.6 Å². The summed E-state index contributed by atoms with van der Waals surface area (Å²) in [7, 11) is 0. The number of fused-ring (bicyclic) bond motifs is 1. The Morgan fingerprint density at radius 2 is 1.96 bits per heavy atom. The van der Waals surface area contributed by atoms with Crippen LogP contribution in [0.4, 0.5) is 5.69 Å². The average molecular weight is 398 g/mol. The summed E-state index contributed by atoms with van der Waals surface area (Å²) in [5, 5.41) is 3.47. The fourth-order valence-corrected chi connectivity index (χ4v) is 3.32. The predicted octanol–water partition coefficient (Wildman–Crippen LogP) is 3.83. The van der Waals surface area contributed by atoms with E-state index in [0.29, 0.717) is 16.4 Å². The fourth-order valence-electron chi connectivity index (χ4n) is 3.15. The molecule has 0 bridgehead atoms. The molecular weight excluding hydrogens is 374 g/mol. The van der Waals surface area contributed by atoms with Crippen LogP contribution in [0.3, 0.4) is 0 Å². The van der Waals surface area contributed by atoms with Crippen molar-refractivity contribution < 1.29 is 9.59 Å². The third-order valence-corrected chi connectivity index (χ3v) is 5.05. The number of amides is 2. The van der Waals surface area contributed by atoms with E-state index in [1.165, 1.54) is 4.90 Å². The highest BCUT2D eigenvalue weighted by Gasteiger charge is 2.31. The minimum Gasteiger partial charge on any atom is -0.352 e. The van der Waals surface area contributed by atoms with Crippen molar-refractivity contribution in [3.8, 4) is 0 Å². The molecule has 5 nitrogen and oxygen atoms in total. The fraction of sp³-hybridized carbons (Fsp3) is 0.318. The van der Waals surface area contributed by atoms with E-state index in [0.717, 1.165) is 17.5 Å². The number of rotatable bonds is 5. The zero-order valence-corrected chi connectivity index (χ0v) is 17.0. The molecule has 0 saturated heterocycles. The van der Waals surface area contributed by atoms with Crippen molar-refractivity contribution >= 4 is 34.8 Å². The highest BCUT2D eigenvalue weighted by Crippen LogP contribution is 2.30. The maximum absolute atomic E-state index is 13.1. The molecule has 2 atom stereocenters. The number of hydrogen-bond acceptors (Lipinski definition) is 3. The average Bonchev–Trinajstić information content (AvgIpc) is 2.79. The largest absolute Gasteiger partial charge is 0.352 e. The van der Waals surface area contributed by atoms with Crippen LogP contribution < -0.4 is 10.2 Å². The van der Waals surface area contributed by atoms with E-state index in [2.05, 4.69) is 10.3 Å². The van der Waals surface area contributed by atoms with E-state index in [9.17, 15) is 9.59 Å². The summed E-state index contributed by atoms with van der Waals surface area (Å²) in [5.41, 5.74) is 2.98. The Bertz CT molecular complexity index is 911. The van der Waals surface area contributed by atoms with Gasteiger partial charge in [0, 0.05) is 22.2 Å². The summed E-state index contributed by atoms with van der Waals surface area (Å²) in [6.07, 6.45) is 0.823. The van der Waals surface area contributed by atoms with Crippen molar-refractivity contribution in [2.24, 2.45) is 4.99 Å². The predicted molar refractivity (Wildman–Crippen MR) is 113 cm³/mol. The maximum Gasteiger partial charge on any atom is 0.252 e. The maximum atomic E-state index is 13.1. The van der Waals surface area contributed by atoms with Crippen molar-refractivity contribution in [2.45, 2.75) is 39.3 Å². The number of nitrogens with zero attached hydrogens (tertiary/aromatic N) is 2. The number of benzodiazepines with no additional fused rings is 1. The van der Waals surface area contributed by atoms with Gasteiger partial charge in [0.1, 0.15) is 12.6 Å². The first-order valence-corrected chi connectivity index (χ1v) is 9.82. The van der Waals surface area contributed by atoms with Crippen LogP contribution in [-0.4, -0.2) is 36.2 Å². The summed E-state index contributed by atoms with van der Waals surface area (Å²) >= 11 is 6.26. The Kier molecular flexibility index (Phi) is 6.15. The molecular formula is C22H24ClN3O2. The van der Waals surface area contributed by atoms with Crippen molar-refractivity contribution in [2.75, 3.05) is 11.4 Å². The Hall–Kier alpha value is -2.66. The molecule has 1 aliphatic rings. The minimum atomic E-state index is -0.613. The van der Waals surface area contributed by atoms with Crippen LogP contribution in [0, 0.1) is 0 Å². The molecule has 6 heteroatoms. The van der Waals surface area contributed by atoms with Gasteiger partial charge in [-0.05, 0) is 38.5 Å². The Morgan fingerprint density at radius 1 is 1.25 bits per heavy atom. The lowest BCUT2D eigenvalue weighted by Crippen LogP contribution is -2.45. The first-order valence-electron chi connectivity index (χ1n) is 9.44. The molecule has 2 aromatic rings. The third-order valence-electron chi connectivity index (χ3n) is 4.82. The van der Waals surface area contributed by atoms with Gasteiger partial charge in [-0.2, -0.15) is 0 Å². The van der Waals surface area contributed by atoms with Gasteiger partial charge in [0.25, 0.3) is 5.91 Å². The van der Waals surface area contributed by atoms with Crippen molar-refractivity contribution in [1.82, 2.24) is 5.32 Å². The van der Waals surface area contributed by atoms with Gasteiger partial charge in [-0.3, -0.25) is 14.6 Å². The van der Waals surface area contributed by atoms with E-state index in [1.807, 2.05) is 44.2 Å². The molecule has 1 heterocycles. The van der Waals surface area contributed by atoms with Gasteiger partial charge in [0.2, 0.25) is 5.91 Å². The summed E-state index contributed by atoms with van der Waals surface area (Å²) < 4.78 is 0. The number of aliphatic imine (C=N–C) groups is 1. The number of carbonyl (C=O) groups excluding carboxylic acids is 2. The molecule has 2 amide bonds. The number of hydrogen-bond donors (Lipinski definition) is 1. The first kappa shape index (κ1) is 20.1. The number of nitrogens with one attached hydrogen (secondary N) is 1. The van der Waals surface area contributed by atoms with Crippen molar-refractivity contribution in [3.05, 3.63) is 64.7 Å². The molecule has 0 fully saturated rings. The SMILES string of the molecule is CCC(C)NC(=O)CN1C(=O)C(C)N=C(c2ccccc2)c2cc(Cl)ccc21. The standard InChI is InChI=1S/C22H24ClN3O2/c1-4-14(2)24-20(27)13-26-19-11-10-17(23)12-18(19)21(25-15(3)22(26)28)16-8-6-5-7-9-16/h5-12,14-15H,4,13H2,1-3H3,(H,24,27). The topological polar surface area (TPSA) is 61.8 Å². The summed E-state index contributed by atoms with van der Waals surface area (Å²) in [4.78, 5) is 31.8. The molecule has 146 valence electrons. The molecule has 0 saturated carbocycles. The van der Waals surface area contributed by atoms with Gasteiger partial charge >= 0.3 is 0 Å². The molecule has 1 N–H and O–H groups in total. The van der Waals surface area contributed by atoms with E-state index in [4.69, 9.17) is 11.6 Å². The molecule has 0 aliphatic carbocycles. The van der Waals surface area contributed by atoms with Crippen molar-refractivity contribution in [1.29, 1.82) is 0 Å². The molecule has 3 rings (SSSR count). The van der Waals surface area contributed by atoms with E-state index in [-0.39, 0.29) is 24.4 Å². The number of halogens is 1. The number of benzene rings is 2. The Balaban J connectivity index is 2.06. The summed E-state index contributed by atoms with van der Waals surface area (Å²) in [5.74, 6) is -0.409. The molecule has 2 aromatic carbocycles. The molecule has 0 spiro atoms. The smallest absolute Gasteiger partial charge is 0.252 e. The first-order chi connectivity index (χ1) is 13.4. The quantitative estimate of drug-likeness (QED) is 0.833. The normalized spacial score (nSPS) is 17.4. The molecule has 1 aliphatic heterocycles. The van der Waals surface area contributed by atoms with Gasteiger partial charge in [-0.1, -0.05) is 48.9 Å². The molecule has 0 aromatic heterocycles. The zero-order chi connectivity index (χ0) is 20.3. The van der Waals surface area contributed by atoms with Gasteiger partial charge < -0.3 is 10.2 Å². The minimum absolute atomic E-state index is 0.0489. The lowest BCUT2D eigenvalue weighted by Gasteiger charge is -2.25. The summed E-state index contributed by atoms with van der Waals surface area (Å²) in [6, 6.07) is 14.4. The van der Waals surface area contributed by atoms with Crippen LogP contribution in [0.2, 0.25) is 5.02 Å². The van der Waals surface area contributed by atoms with E-state index < -0.39 is 6.04 Å². The van der Waals surface area contributed by atoms with Gasteiger partial charge in [-0.15, -0.1) is 0 Å². The van der Waals surface area contributed by atoms with Crippen LogP contribution in [0.5, 0.6) is 0 Å². The molecule has 2 unspecified atom stereocenters. The monoisotopic (exact) mass is 397 g/mol. The Morgan fingerprint density at radius 3 is 2.64 bits per heavy atom. The van der Waals surface area contributed by atoms with Gasteiger partial charge in [-0.25, -0.2) is 0 Å². The number of anilines is 1. The lowest BCUT2D eigenvalue weighted by molar-refractivity contribution is -0.124. The second kappa shape index (κ2) is 8.57. The van der Waals surface area contributed by atoms with Crippen LogP contribution in [-0.2, 0) is 9.59 Å². The van der Waals surface area contributed by atoms with Gasteiger partial charge in [0.15, 0.2) is 0 Å². The second-order valence-electron chi connectivity index (χ2n) is 6.98. The zero-order valence-electron chi connectivity index (χ0n) is 16.3. The highest BCUT2D eigenvalue weighted by atomic mass is 35.5. The second-order valence-corrected chi connectivity index (χ2v) is 7.42. The van der Waals surface area contributed by atoms with Crippen molar-refractivity contribution in [3.63, 3.8) is 0 Å². The third kappa shape index (κ3) is 4.25. The lowest BCUT2D eigenvalue weighted by atomic mass is 10.00. The van der Waals surface area contributed by atoms with E-state index >= 15 is 0 Å². The van der Waals surface area contributed by atoms with Crippen LogP contribution in [0.1, 0.15) is 38.3 Å². The highest BCUT2D eigenvalue weighted by molar-refractivity contribution is 6.32. The van der Waals surface area contributed by atoms with Gasteiger partial charge in [0.05, 0.1) is 11.4 Å². The Labute approximate surface area is 170 Å². The molecule has 28 heavy (non-hydrogen) atoms. The number of carbonyl (C=O) groups is 2. The summed E-state index contributed by atoms with van der Waals surface area (Å²) in [6.45, 7) is 5.63. The van der Waals surface area contributed by atoms with Crippen LogP contribution in [0.15, 0.2) is 53.5 Å².